The van der Waals surface area contributed by atoms with E-state index in [9.17, 15) is 4.39 Å². The van der Waals surface area contributed by atoms with Crippen LogP contribution in [0, 0.1) is 11.7 Å². The molecule has 1 aromatic rings. The summed E-state index contributed by atoms with van der Waals surface area (Å²) in [4.78, 5) is 6.74. The van der Waals surface area contributed by atoms with E-state index in [0.29, 0.717) is 18.5 Å². The Balaban J connectivity index is 0.00000338. The zero-order valence-electron chi connectivity index (χ0n) is 15.6. The molecule has 0 saturated carbocycles. The molecular weight excluding hydrogens is 514 g/mol. The minimum Gasteiger partial charge on any atom is -0.379 e. The fourth-order valence-electron chi connectivity index (χ4n) is 2.98. The first kappa shape index (κ1) is 23.6. The summed E-state index contributed by atoms with van der Waals surface area (Å²) < 4.78 is 19.7. The van der Waals surface area contributed by atoms with E-state index in [0.717, 1.165) is 48.8 Å². The number of nitrogens with zero attached hydrogens (tertiary/aromatic N) is 2. The second-order valence-electron chi connectivity index (χ2n) is 6.50. The van der Waals surface area contributed by atoms with Crippen molar-refractivity contribution in [3.63, 3.8) is 0 Å². The number of hydrogen-bond acceptors (Lipinski definition) is 3. The lowest BCUT2D eigenvalue weighted by atomic mass is 10.0. The van der Waals surface area contributed by atoms with Gasteiger partial charge < -0.3 is 15.4 Å². The van der Waals surface area contributed by atoms with Crippen molar-refractivity contribution < 1.29 is 9.13 Å². The maximum Gasteiger partial charge on any atom is 0.191 e. The molecule has 2 N–H and O–H groups in total. The monoisotopic (exact) mass is 542 g/mol. The van der Waals surface area contributed by atoms with Crippen LogP contribution in [0.4, 0.5) is 4.39 Å². The van der Waals surface area contributed by atoms with Crippen LogP contribution in [0.15, 0.2) is 27.7 Å². The first-order valence-electron chi connectivity index (χ1n) is 8.71. The minimum atomic E-state index is -0.241. The first-order valence-corrected chi connectivity index (χ1v) is 9.50. The molecule has 0 spiro atoms. The fraction of sp³-hybridized carbons (Fsp3) is 0.611. The summed E-state index contributed by atoms with van der Waals surface area (Å²) in [5, 5.41) is 6.65. The van der Waals surface area contributed by atoms with E-state index >= 15 is 0 Å². The first-order chi connectivity index (χ1) is 12.0. The van der Waals surface area contributed by atoms with Gasteiger partial charge in [0.05, 0.1) is 13.2 Å². The normalized spacial score (nSPS) is 16.9. The van der Waals surface area contributed by atoms with Crippen molar-refractivity contribution >= 4 is 45.9 Å². The molecule has 8 heteroatoms. The molecule has 1 aromatic carbocycles. The summed E-state index contributed by atoms with van der Waals surface area (Å²) in [5.74, 6) is 1.01. The second-order valence-corrected chi connectivity index (χ2v) is 7.36. The van der Waals surface area contributed by atoms with Crippen LogP contribution >= 0.6 is 39.9 Å². The van der Waals surface area contributed by atoms with Crippen molar-refractivity contribution in [2.75, 3.05) is 39.9 Å². The van der Waals surface area contributed by atoms with Crippen LogP contribution in [-0.2, 0) is 11.3 Å². The van der Waals surface area contributed by atoms with Gasteiger partial charge in [0.1, 0.15) is 5.82 Å². The number of hydrogen-bond donors (Lipinski definition) is 2. The third-order valence-corrected chi connectivity index (χ3v) is 5.21. The van der Waals surface area contributed by atoms with Gasteiger partial charge in [0.2, 0.25) is 0 Å². The molecule has 1 aliphatic rings. The molecule has 1 saturated heterocycles. The highest BCUT2D eigenvalue weighted by atomic mass is 127. The van der Waals surface area contributed by atoms with E-state index in [4.69, 9.17) is 4.74 Å². The summed E-state index contributed by atoms with van der Waals surface area (Å²) in [6.07, 6.45) is 0. The van der Waals surface area contributed by atoms with Crippen molar-refractivity contribution in [1.29, 1.82) is 0 Å². The van der Waals surface area contributed by atoms with Gasteiger partial charge in [-0.2, -0.15) is 0 Å². The van der Waals surface area contributed by atoms with Gasteiger partial charge in [-0.15, -0.1) is 24.0 Å². The second kappa shape index (κ2) is 12.1. The van der Waals surface area contributed by atoms with Crippen LogP contribution in [0.3, 0.4) is 0 Å². The van der Waals surface area contributed by atoms with E-state index < -0.39 is 0 Å². The number of aliphatic imine (C=N–C) groups is 1. The average Bonchev–Trinajstić information content (AvgIpc) is 2.61. The van der Waals surface area contributed by atoms with Gasteiger partial charge in [-0.25, -0.2) is 4.39 Å². The zero-order chi connectivity index (χ0) is 18.2. The van der Waals surface area contributed by atoms with Crippen molar-refractivity contribution in [3.05, 3.63) is 34.1 Å². The van der Waals surface area contributed by atoms with Gasteiger partial charge in [0, 0.05) is 43.7 Å². The van der Waals surface area contributed by atoms with Crippen molar-refractivity contribution in [1.82, 2.24) is 15.5 Å². The Kier molecular flexibility index (Phi) is 11.0. The maximum atomic E-state index is 13.4. The molecule has 0 amide bonds. The van der Waals surface area contributed by atoms with Crippen molar-refractivity contribution in [2.45, 2.75) is 26.4 Å². The molecular formula is C18H29BrFIN4O. The Labute approximate surface area is 181 Å². The smallest absolute Gasteiger partial charge is 0.191 e. The summed E-state index contributed by atoms with van der Waals surface area (Å²) in [5.41, 5.74) is 0.858. The Hall–Kier alpha value is -0.450. The average molecular weight is 543 g/mol. The van der Waals surface area contributed by atoms with Crippen LogP contribution in [0.25, 0.3) is 0 Å². The summed E-state index contributed by atoms with van der Waals surface area (Å²) in [7, 11) is 1.75. The molecule has 1 atom stereocenters. The third-order valence-electron chi connectivity index (χ3n) is 4.44. The van der Waals surface area contributed by atoms with Gasteiger partial charge in [-0.3, -0.25) is 9.89 Å². The van der Waals surface area contributed by atoms with Crippen LogP contribution in [0.2, 0.25) is 0 Å². The fourth-order valence-corrected chi connectivity index (χ4v) is 3.36. The predicted octanol–water partition coefficient (Wildman–Crippen LogP) is 3.23. The Morgan fingerprint density at radius 2 is 2.00 bits per heavy atom. The summed E-state index contributed by atoms with van der Waals surface area (Å²) >= 11 is 3.45. The van der Waals surface area contributed by atoms with E-state index in [1.807, 2.05) is 0 Å². The molecule has 5 nitrogen and oxygen atoms in total. The van der Waals surface area contributed by atoms with Gasteiger partial charge >= 0.3 is 0 Å². The lowest BCUT2D eigenvalue weighted by molar-refractivity contribution is 0.00752. The third kappa shape index (κ3) is 7.28. The highest BCUT2D eigenvalue weighted by molar-refractivity contribution is 14.0. The molecule has 1 fully saturated rings. The highest BCUT2D eigenvalue weighted by Crippen LogP contribution is 2.17. The maximum absolute atomic E-state index is 13.4. The SMILES string of the molecule is CN=C(NCc1cc(F)ccc1Br)NCC(C(C)C)N1CCOCC1.I. The van der Waals surface area contributed by atoms with Crippen molar-refractivity contribution in [2.24, 2.45) is 10.9 Å². The Morgan fingerprint density at radius 1 is 1.31 bits per heavy atom. The Bertz CT molecular complexity index is 582. The number of halogens is 3. The number of morpholine rings is 1. The number of rotatable bonds is 6. The molecule has 0 radical (unpaired) electrons. The van der Waals surface area contributed by atoms with Gasteiger partial charge in [-0.05, 0) is 29.7 Å². The van der Waals surface area contributed by atoms with E-state index in [2.05, 4.69) is 50.3 Å². The van der Waals surface area contributed by atoms with E-state index in [1.54, 1.807) is 13.1 Å². The van der Waals surface area contributed by atoms with Crippen LogP contribution < -0.4 is 10.6 Å². The van der Waals surface area contributed by atoms with Gasteiger partial charge in [0.25, 0.3) is 0 Å². The lowest BCUT2D eigenvalue weighted by Crippen LogP contribution is -2.52. The zero-order valence-corrected chi connectivity index (χ0v) is 19.5. The largest absolute Gasteiger partial charge is 0.379 e. The number of guanidine groups is 1. The lowest BCUT2D eigenvalue weighted by Gasteiger charge is -2.37. The van der Waals surface area contributed by atoms with Gasteiger partial charge in [-0.1, -0.05) is 29.8 Å². The molecule has 0 aliphatic carbocycles. The molecule has 1 unspecified atom stereocenters. The highest BCUT2D eigenvalue weighted by Gasteiger charge is 2.23. The van der Waals surface area contributed by atoms with Crippen LogP contribution in [0.1, 0.15) is 19.4 Å². The minimum absolute atomic E-state index is 0. The predicted molar refractivity (Wildman–Crippen MR) is 119 cm³/mol. The summed E-state index contributed by atoms with van der Waals surface area (Å²) in [6.45, 7) is 9.31. The number of benzene rings is 1. The van der Waals surface area contributed by atoms with Crippen LogP contribution in [-0.4, -0.2) is 56.8 Å². The number of nitrogens with one attached hydrogen (secondary N) is 2. The van der Waals surface area contributed by atoms with E-state index in [1.165, 1.54) is 12.1 Å². The summed E-state index contributed by atoms with van der Waals surface area (Å²) in [6, 6.07) is 5.10. The molecule has 1 heterocycles. The molecule has 1 aliphatic heterocycles. The number of ether oxygens (including phenoxy) is 1. The topological polar surface area (TPSA) is 48.9 Å². The quantitative estimate of drug-likeness (QED) is 0.329. The molecule has 0 bridgehead atoms. The molecule has 26 heavy (non-hydrogen) atoms. The molecule has 2 rings (SSSR count). The van der Waals surface area contributed by atoms with Gasteiger partial charge in [0.15, 0.2) is 5.96 Å². The van der Waals surface area contributed by atoms with E-state index in [-0.39, 0.29) is 29.8 Å². The van der Waals surface area contributed by atoms with Crippen molar-refractivity contribution in [3.8, 4) is 0 Å². The standard InChI is InChI=1S/C18H28BrFN4O.HI/c1-13(2)17(24-6-8-25-9-7-24)12-23-18(21-3)22-11-14-10-15(20)4-5-16(14)19;/h4-5,10,13,17H,6-9,11-12H2,1-3H3,(H2,21,22,23);1H. The molecule has 148 valence electrons. The molecule has 0 aromatic heterocycles. The Morgan fingerprint density at radius 3 is 2.62 bits per heavy atom. The van der Waals surface area contributed by atoms with Crippen LogP contribution in [0.5, 0.6) is 0 Å².